The fourth-order valence-electron chi connectivity index (χ4n) is 2.14. The SMILES string of the molecule is Cc1cccc(-c2nc3ccc(I)cc3c(=O)n2C)n1. The van der Waals surface area contributed by atoms with Crippen LogP contribution in [0.15, 0.2) is 41.2 Å². The van der Waals surface area contributed by atoms with E-state index in [-0.39, 0.29) is 5.56 Å². The van der Waals surface area contributed by atoms with E-state index in [2.05, 4.69) is 32.6 Å². The van der Waals surface area contributed by atoms with Crippen LogP contribution in [0, 0.1) is 10.5 Å². The molecular weight excluding hydrogens is 365 g/mol. The Bertz CT molecular complexity index is 871. The molecule has 20 heavy (non-hydrogen) atoms. The quantitative estimate of drug-likeness (QED) is 0.613. The van der Waals surface area contributed by atoms with Crippen molar-refractivity contribution < 1.29 is 0 Å². The third-order valence-electron chi connectivity index (χ3n) is 3.16. The first-order valence-corrected chi connectivity index (χ1v) is 7.24. The van der Waals surface area contributed by atoms with Gasteiger partial charge in [-0.15, -0.1) is 0 Å². The Labute approximate surface area is 129 Å². The van der Waals surface area contributed by atoms with Crippen molar-refractivity contribution in [2.75, 3.05) is 0 Å². The second-order valence-corrected chi connectivity index (χ2v) is 5.87. The normalized spacial score (nSPS) is 10.9. The van der Waals surface area contributed by atoms with E-state index in [9.17, 15) is 4.79 Å². The summed E-state index contributed by atoms with van der Waals surface area (Å²) in [6.07, 6.45) is 0. The number of benzene rings is 1. The van der Waals surface area contributed by atoms with Gasteiger partial charge in [0.05, 0.1) is 10.9 Å². The Morgan fingerprint density at radius 1 is 1.15 bits per heavy atom. The molecule has 0 radical (unpaired) electrons. The Kier molecular flexibility index (Phi) is 3.29. The van der Waals surface area contributed by atoms with Crippen molar-refractivity contribution in [3.8, 4) is 11.5 Å². The molecule has 0 aliphatic heterocycles. The summed E-state index contributed by atoms with van der Waals surface area (Å²) in [4.78, 5) is 21.5. The zero-order valence-corrected chi connectivity index (χ0v) is 13.2. The Morgan fingerprint density at radius 2 is 1.95 bits per heavy atom. The van der Waals surface area contributed by atoms with Gasteiger partial charge in [-0.25, -0.2) is 9.97 Å². The minimum atomic E-state index is -0.0492. The van der Waals surface area contributed by atoms with Gasteiger partial charge < -0.3 is 0 Å². The number of hydrogen-bond acceptors (Lipinski definition) is 3. The molecule has 0 spiro atoms. The van der Waals surface area contributed by atoms with E-state index < -0.39 is 0 Å². The lowest BCUT2D eigenvalue weighted by molar-refractivity contribution is 0.849. The summed E-state index contributed by atoms with van der Waals surface area (Å²) < 4.78 is 2.58. The number of aryl methyl sites for hydroxylation is 1. The van der Waals surface area contributed by atoms with Gasteiger partial charge in [0.2, 0.25) is 0 Å². The van der Waals surface area contributed by atoms with Crippen molar-refractivity contribution in [2.24, 2.45) is 7.05 Å². The van der Waals surface area contributed by atoms with Gasteiger partial charge in [-0.1, -0.05) is 6.07 Å². The molecule has 0 aliphatic carbocycles. The lowest BCUT2D eigenvalue weighted by Crippen LogP contribution is -2.20. The van der Waals surface area contributed by atoms with Crippen LogP contribution in [0.2, 0.25) is 0 Å². The van der Waals surface area contributed by atoms with Gasteiger partial charge in [-0.3, -0.25) is 9.36 Å². The third-order valence-corrected chi connectivity index (χ3v) is 3.83. The highest BCUT2D eigenvalue weighted by atomic mass is 127. The van der Waals surface area contributed by atoms with Crippen LogP contribution in [0.3, 0.4) is 0 Å². The molecule has 4 nitrogen and oxygen atoms in total. The Hall–Kier alpha value is -1.76. The lowest BCUT2D eigenvalue weighted by Gasteiger charge is -2.09. The number of hydrogen-bond donors (Lipinski definition) is 0. The van der Waals surface area contributed by atoms with Gasteiger partial charge in [-0.05, 0) is 59.8 Å². The monoisotopic (exact) mass is 377 g/mol. The topological polar surface area (TPSA) is 47.8 Å². The average Bonchev–Trinajstić information content (AvgIpc) is 2.43. The van der Waals surface area contributed by atoms with Gasteiger partial charge in [0.15, 0.2) is 5.82 Å². The number of fused-ring (bicyclic) bond motifs is 1. The highest BCUT2D eigenvalue weighted by Crippen LogP contribution is 2.18. The summed E-state index contributed by atoms with van der Waals surface area (Å²) in [5.41, 5.74) is 2.27. The van der Waals surface area contributed by atoms with Crippen LogP contribution in [0.4, 0.5) is 0 Å². The maximum absolute atomic E-state index is 12.5. The summed E-state index contributed by atoms with van der Waals surface area (Å²) in [5, 5.41) is 0.635. The highest BCUT2D eigenvalue weighted by molar-refractivity contribution is 14.1. The van der Waals surface area contributed by atoms with E-state index >= 15 is 0 Å². The smallest absolute Gasteiger partial charge is 0.261 e. The molecule has 0 amide bonds. The predicted octanol–water partition coefficient (Wildman–Crippen LogP) is 2.91. The molecule has 2 aromatic heterocycles. The van der Waals surface area contributed by atoms with Crippen LogP contribution in [0.25, 0.3) is 22.4 Å². The Balaban J connectivity index is 2.35. The van der Waals surface area contributed by atoms with Gasteiger partial charge in [0, 0.05) is 16.3 Å². The van der Waals surface area contributed by atoms with Gasteiger partial charge >= 0.3 is 0 Å². The molecule has 3 aromatic rings. The first kappa shape index (κ1) is 13.2. The second-order valence-electron chi connectivity index (χ2n) is 4.63. The van der Waals surface area contributed by atoms with Crippen LogP contribution in [-0.2, 0) is 7.05 Å². The molecule has 0 unspecified atom stereocenters. The standard InChI is InChI=1S/C15H12IN3O/c1-9-4-3-5-13(17-9)14-18-12-7-6-10(16)8-11(12)15(20)19(14)2/h3-8H,1-2H3. The number of halogens is 1. The summed E-state index contributed by atoms with van der Waals surface area (Å²) >= 11 is 2.19. The fourth-order valence-corrected chi connectivity index (χ4v) is 2.63. The molecule has 0 atom stereocenters. The first-order valence-electron chi connectivity index (χ1n) is 6.16. The molecule has 3 rings (SSSR count). The molecule has 0 aliphatic rings. The fraction of sp³-hybridized carbons (Fsp3) is 0.133. The molecule has 0 N–H and O–H groups in total. The van der Waals surface area contributed by atoms with E-state index in [0.717, 1.165) is 9.26 Å². The van der Waals surface area contributed by atoms with Crippen molar-refractivity contribution >= 4 is 33.5 Å². The lowest BCUT2D eigenvalue weighted by atomic mass is 10.2. The number of nitrogens with zero attached hydrogens (tertiary/aromatic N) is 3. The predicted molar refractivity (Wildman–Crippen MR) is 87.7 cm³/mol. The van der Waals surface area contributed by atoms with Crippen molar-refractivity contribution in [2.45, 2.75) is 6.92 Å². The van der Waals surface area contributed by atoms with E-state index in [1.807, 2.05) is 43.3 Å². The van der Waals surface area contributed by atoms with E-state index in [1.165, 1.54) is 0 Å². The summed E-state index contributed by atoms with van der Waals surface area (Å²) in [6.45, 7) is 1.92. The van der Waals surface area contributed by atoms with Crippen molar-refractivity contribution in [1.29, 1.82) is 0 Å². The van der Waals surface area contributed by atoms with Gasteiger partial charge in [0.1, 0.15) is 5.69 Å². The van der Waals surface area contributed by atoms with Crippen molar-refractivity contribution in [1.82, 2.24) is 14.5 Å². The maximum Gasteiger partial charge on any atom is 0.261 e. The van der Waals surface area contributed by atoms with E-state index in [4.69, 9.17) is 0 Å². The van der Waals surface area contributed by atoms with Crippen LogP contribution in [0.1, 0.15) is 5.69 Å². The summed E-state index contributed by atoms with van der Waals surface area (Å²) in [6, 6.07) is 11.4. The first-order chi connectivity index (χ1) is 9.56. The Morgan fingerprint density at radius 3 is 2.70 bits per heavy atom. The summed E-state index contributed by atoms with van der Waals surface area (Å²) in [7, 11) is 1.73. The number of rotatable bonds is 1. The zero-order valence-electron chi connectivity index (χ0n) is 11.1. The molecule has 5 heteroatoms. The molecule has 100 valence electrons. The van der Waals surface area contributed by atoms with E-state index in [1.54, 1.807) is 11.6 Å². The maximum atomic E-state index is 12.5. The van der Waals surface area contributed by atoms with Crippen LogP contribution in [0.5, 0.6) is 0 Å². The minimum absolute atomic E-state index is 0.0492. The molecule has 2 heterocycles. The van der Waals surface area contributed by atoms with Gasteiger partial charge in [0.25, 0.3) is 5.56 Å². The van der Waals surface area contributed by atoms with Crippen molar-refractivity contribution in [3.63, 3.8) is 0 Å². The largest absolute Gasteiger partial charge is 0.294 e. The molecule has 0 saturated carbocycles. The molecule has 0 bridgehead atoms. The van der Waals surface area contributed by atoms with Crippen LogP contribution in [-0.4, -0.2) is 14.5 Å². The molecule has 0 saturated heterocycles. The average molecular weight is 377 g/mol. The molecular formula is C15H12IN3O. The molecule has 1 aromatic carbocycles. The second kappa shape index (κ2) is 4.97. The third kappa shape index (κ3) is 2.22. The van der Waals surface area contributed by atoms with Crippen LogP contribution < -0.4 is 5.56 Å². The zero-order chi connectivity index (χ0) is 14.3. The van der Waals surface area contributed by atoms with Crippen LogP contribution >= 0.6 is 22.6 Å². The van der Waals surface area contributed by atoms with E-state index in [0.29, 0.717) is 22.4 Å². The van der Waals surface area contributed by atoms with Gasteiger partial charge in [-0.2, -0.15) is 0 Å². The number of pyridine rings is 1. The summed E-state index contributed by atoms with van der Waals surface area (Å²) in [5.74, 6) is 0.590. The highest BCUT2D eigenvalue weighted by Gasteiger charge is 2.11. The van der Waals surface area contributed by atoms with Crippen molar-refractivity contribution in [3.05, 3.63) is 56.0 Å². The molecule has 0 fully saturated rings. The minimum Gasteiger partial charge on any atom is -0.294 e. The number of aromatic nitrogens is 3.